The molecule has 0 unspecified atom stereocenters. The summed E-state index contributed by atoms with van der Waals surface area (Å²) < 4.78 is 0. The lowest BCUT2D eigenvalue weighted by atomic mass is 9.84. The normalized spacial score (nSPS) is 11.3. The fourth-order valence-electron chi connectivity index (χ4n) is 1.86. The second-order valence-corrected chi connectivity index (χ2v) is 5.13. The van der Waals surface area contributed by atoms with E-state index < -0.39 is 0 Å². The van der Waals surface area contributed by atoms with Gasteiger partial charge in [0.05, 0.1) is 11.9 Å². The molecule has 4 N–H and O–H groups in total. The lowest BCUT2D eigenvalue weighted by molar-refractivity contribution is 0.0941. The van der Waals surface area contributed by atoms with Crippen molar-refractivity contribution >= 4 is 11.6 Å². The van der Waals surface area contributed by atoms with Gasteiger partial charge in [-0.3, -0.25) is 9.89 Å². The summed E-state index contributed by atoms with van der Waals surface area (Å²) in [5.74, 6) is -0.237. The SMILES string of the molecule is CC(C)(CNC(=O)c1[nH]ncc1N)c1ccccc1. The lowest BCUT2D eigenvalue weighted by Gasteiger charge is -2.25. The maximum Gasteiger partial charge on any atom is 0.271 e. The smallest absolute Gasteiger partial charge is 0.271 e. The van der Waals surface area contributed by atoms with Gasteiger partial charge in [-0.1, -0.05) is 44.2 Å². The first-order valence-corrected chi connectivity index (χ1v) is 6.13. The first-order chi connectivity index (χ1) is 9.00. The highest BCUT2D eigenvalue weighted by atomic mass is 16.1. The molecule has 0 aliphatic carbocycles. The van der Waals surface area contributed by atoms with Crippen molar-refractivity contribution in [2.24, 2.45) is 0 Å². The summed E-state index contributed by atoms with van der Waals surface area (Å²) in [6.07, 6.45) is 1.43. The molecule has 0 aliphatic rings. The zero-order valence-electron chi connectivity index (χ0n) is 11.1. The molecule has 2 rings (SSSR count). The lowest BCUT2D eigenvalue weighted by Crippen LogP contribution is -2.37. The predicted molar refractivity (Wildman–Crippen MR) is 74.8 cm³/mol. The quantitative estimate of drug-likeness (QED) is 0.780. The van der Waals surface area contributed by atoms with Crippen LogP contribution in [-0.4, -0.2) is 22.6 Å². The molecule has 0 spiro atoms. The number of carbonyl (C=O) groups is 1. The molecule has 0 bridgehead atoms. The highest BCUT2D eigenvalue weighted by Gasteiger charge is 2.22. The Morgan fingerprint density at radius 3 is 2.63 bits per heavy atom. The minimum absolute atomic E-state index is 0.147. The second-order valence-electron chi connectivity index (χ2n) is 5.13. The molecule has 5 nitrogen and oxygen atoms in total. The molecular weight excluding hydrogens is 240 g/mol. The van der Waals surface area contributed by atoms with E-state index in [0.717, 1.165) is 0 Å². The Morgan fingerprint density at radius 1 is 1.37 bits per heavy atom. The summed E-state index contributed by atoms with van der Waals surface area (Å²) in [5, 5.41) is 9.20. The molecule has 0 saturated carbocycles. The predicted octanol–water partition coefficient (Wildman–Crippen LogP) is 1.70. The number of nitrogens with zero attached hydrogens (tertiary/aromatic N) is 1. The molecule has 0 fully saturated rings. The van der Waals surface area contributed by atoms with Crippen LogP contribution >= 0.6 is 0 Å². The number of nitrogen functional groups attached to an aromatic ring is 1. The number of carbonyl (C=O) groups excluding carboxylic acids is 1. The molecule has 1 aromatic heterocycles. The molecule has 0 radical (unpaired) electrons. The summed E-state index contributed by atoms with van der Waals surface area (Å²) >= 11 is 0. The van der Waals surface area contributed by atoms with Gasteiger partial charge in [-0.25, -0.2) is 0 Å². The molecular formula is C14H18N4O. The Balaban J connectivity index is 2.03. The van der Waals surface area contributed by atoms with E-state index in [9.17, 15) is 4.79 Å². The molecule has 0 saturated heterocycles. The zero-order chi connectivity index (χ0) is 13.9. The summed E-state index contributed by atoms with van der Waals surface area (Å²) in [4.78, 5) is 11.9. The van der Waals surface area contributed by atoms with Crippen LogP contribution in [0.4, 0.5) is 5.69 Å². The van der Waals surface area contributed by atoms with Crippen molar-refractivity contribution < 1.29 is 4.79 Å². The number of amides is 1. The average Bonchev–Trinajstić information content (AvgIpc) is 2.83. The molecule has 1 amide bonds. The summed E-state index contributed by atoms with van der Waals surface area (Å²) in [5.41, 5.74) is 7.33. The van der Waals surface area contributed by atoms with Crippen LogP contribution in [0.5, 0.6) is 0 Å². The number of nitrogens with one attached hydrogen (secondary N) is 2. The Labute approximate surface area is 112 Å². The van der Waals surface area contributed by atoms with Gasteiger partial charge >= 0.3 is 0 Å². The fourth-order valence-corrected chi connectivity index (χ4v) is 1.86. The minimum atomic E-state index is -0.237. The fraction of sp³-hybridized carbons (Fsp3) is 0.286. The van der Waals surface area contributed by atoms with Gasteiger partial charge in [0.2, 0.25) is 0 Å². The number of hydrogen-bond acceptors (Lipinski definition) is 3. The number of hydrogen-bond donors (Lipinski definition) is 3. The Kier molecular flexibility index (Phi) is 3.55. The largest absolute Gasteiger partial charge is 0.396 e. The van der Waals surface area contributed by atoms with Crippen LogP contribution in [0.3, 0.4) is 0 Å². The third-order valence-electron chi connectivity index (χ3n) is 3.14. The van der Waals surface area contributed by atoms with E-state index in [1.807, 2.05) is 18.2 Å². The topological polar surface area (TPSA) is 83.8 Å². The van der Waals surface area contributed by atoms with Crippen molar-refractivity contribution in [3.8, 4) is 0 Å². The molecule has 0 atom stereocenters. The maximum absolute atomic E-state index is 11.9. The van der Waals surface area contributed by atoms with E-state index in [4.69, 9.17) is 5.73 Å². The number of nitrogens with two attached hydrogens (primary N) is 1. The van der Waals surface area contributed by atoms with Crippen LogP contribution in [0.25, 0.3) is 0 Å². The number of aromatic nitrogens is 2. The first kappa shape index (κ1) is 13.1. The van der Waals surface area contributed by atoms with Crippen molar-refractivity contribution in [3.05, 3.63) is 47.8 Å². The van der Waals surface area contributed by atoms with Crippen LogP contribution in [0.2, 0.25) is 0 Å². The maximum atomic E-state index is 11.9. The van der Waals surface area contributed by atoms with E-state index in [1.54, 1.807) is 0 Å². The average molecular weight is 258 g/mol. The highest BCUT2D eigenvalue weighted by Crippen LogP contribution is 2.21. The zero-order valence-corrected chi connectivity index (χ0v) is 11.1. The third kappa shape index (κ3) is 2.93. The van der Waals surface area contributed by atoms with Crippen molar-refractivity contribution in [1.29, 1.82) is 0 Å². The van der Waals surface area contributed by atoms with E-state index in [2.05, 4.69) is 41.5 Å². The van der Waals surface area contributed by atoms with E-state index >= 15 is 0 Å². The summed E-state index contributed by atoms with van der Waals surface area (Å²) in [6.45, 7) is 4.69. The van der Waals surface area contributed by atoms with Crippen molar-refractivity contribution in [2.45, 2.75) is 19.3 Å². The van der Waals surface area contributed by atoms with Gasteiger partial charge in [0.15, 0.2) is 0 Å². The Hall–Kier alpha value is -2.30. The van der Waals surface area contributed by atoms with Crippen LogP contribution in [-0.2, 0) is 5.41 Å². The number of benzene rings is 1. The van der Waals surface area contributed by atoms with Crippen molar-refractivity contribution in [2.75, 3.05) is 12.3 Å². The van der Waals surface area contributed by atoms with Gasteiger partial charge in [0.25, 0.3) is 5.91 Å². The van der Waals surface area contributed by atoms with Gasteiger partial charge in [-0.2, -0.15) is 5.10 Å². The highest BCUT2D eigenvalue weighted by molar-refractivity contribution is 5.96. The summed E-state index contributed by atoms with van der Waals surface area (Å²) in [6, 6.07) is 10.1. The number of aromatic amines is 1. The molecule has 0 aliphatic heterocycles. The van der Waals surface area contributed by atoms with E-state index in [-0.39, 0.29) is 11.3 Å². The molecule has 1 heterocycles. The Morgan fingerprint density at radius 2 is 2.05 bits per heavy atom. The van der Waals surface area contributed by atoms with Gasteiger partial charge < -0.3 is 11.1 Å². The second kappa shape index (κ2) is 5.14. The van der Waals surface area contributed by atoms with Gasteiger partial charge in [-0.05, 0) is 5.56 Å². The van der Waals surface area contributed by atoms with Gasteiger partial charge in [0.1, 0.15) is 5.69 Å². The Bertz CT molecular complexity index is 560. The van der Waals surface area contributed by atoms with Crippen LogP contribution in [0.15, 0.2) is 36.5 Å². The standard InChI is InChI=1S/C14H18N4O/c1-14(2,10-6-4-3-5-7-10)9-16-13(19)12-11(15)8-17-18-12/h3-8H,9,15H2,1-2H3,(H,16,19)(H,17,18). The van der Waals surface area contributed by atoms with Gasteiger partial charge in [-0.15, -0.1) is 0 Å². The molecule has 5 heteroatoms. The van der Waals surface area contributed by atoms with Crippen molar-refractivity contribution in [1.82, 2.24) is 15.5 Å². The third-order valence-corrected chi connectivity index (χ3v) is 3.14. The number of anilines is 1. The van der Waals surface area contributed by atoms with Crippen LogP contribution in [0, 0.1) is 0 Å². The van der Waals surface area contributed by atoms with E-state index in [0.29, 0.717) is 17.9 Å². The van der Waals surface area contributed by atoms with Crippen LogP contribution in [0.1, 0.15) is 29.9 Å². The summed E-state index contributed by atoms with van der Waals surface area (Å²) in [7, 11) is 0. The van der Waals surface area contributed by atoms with Crippen molar-refractivity contribution in [3.63, 3.8) is 0 Å². The number of H-pyrrole nitrogens is 1. The van der Waals surface area contributed by atoms with Gasteiger partial charge in [0, 0.05) is 12.0 Å². The minimum Gasteiger partial charge on any atom is -0.396 e. The molecule has 1 aromatic carbocycles. The number of rotatable bonds is 4. The molecule has 19 heavy (non-hydrogen) atoms. The molecule has 100 valence electrons. The van der Waals surface area contributed by atoms with E-state index in [1.165, 1.54) is 11.8 Å². The first-order valence-electron chi connectivity index (χ1n) is 6.13. The molecule has 2 aromatic rings. The monoisotopic (exact) mass is 258 g/mol. The van der Waals surface area contributed by atoms with Crippen LogP contribution < -0.4 is 11.1 Å².